The molecule has 54 heavy (non-hydrogen) atoms. The minimum atomic E-state index is -1.48. The Morgan fingerprint density at radius 3 is 1.57 bits per heavy atom. The largest absolute Gasteiger partial charge is 0.481 e. The summed E-state index contributed by atoms with van der Waals surface area (Å²) >= 11 is 0. The first-order chi connectivity index (χ1) is 26.2. The van der Waals surface area contributed by atoms with Gasteiger partial charge in [0.15, 0.2) is 6.29 Å². The number of aliphatic hydroxyl groups excluding tert-OH is 4. The number of carbonyl (C=O) groups is 2. The third-order valence-electron chi connectivity index (χ3n) is 10.9. The Kier molecular flexibility index (Phi) is 32.4. The van der Waals surface area contributed by atoms with Gasteiger partial charge in [-0.2, -0.15) is 0 Å². The van der Waals surface area contributed by atoms with E-state index in [1.165, 1.54) is 135 Å². The first kappa shape index (κ1) is 50.5. The Morgan fingerprint density at radius 1 is 0.685 bits per heavy atom. The molecule has 1 aliphatic rings. The number of hydrogen-bond donors (Lipinski definition) is 6. The van der Waals surface area contributed by atoms with Crippen molar-refractivity contribution in [3.05, 3.63) is 12.2 Å². The molecule has 1 fully saturated rings. The first-order valence-electron chi connectivity index (χ1n) is 22.3. The number of nitrogens with one attached hydrogen (secondary N) is 1. The Morgan fingerprint density at radius 2 is 1.13 bits per heavy atom. The molecule has 1 amide bonds. The lowest BCUT2D eigenvalue weighted by Gasteiger charge is -2.42. The van der Waals surface area contributed by atoms with Crippen LogP contribution in [0.4, 0.5) is 0 Å². The van der Waals surface area contributed by atoms with Gasteiger partial charge in [-0.1, -0.05) is 180 Å². The maximum Gasteiger partial charge on any atom is 0.303 e. The van der Waals surface area contributed by atoms with E-state index in [1.807, 2.05) is 6.08 Å². The maximum absolute atomic E-state index is 13.0. The minimum Gasteiger partial charge on any atom is -0.481 e. The van der Waals surface area contributed by atoms with Gasteiger partial charge in [0.05, 0.1) is 37.9 Å². The van der Waals surface area contributed by atoms with Crippen molar-refractivity contribution in [2.24, 2.45) is 5.92 Å². The highest BCUT2D eigenvalue weighted by atomic mass is 16.7. The number of carbonyl (C=O) groups excluding carboxylic acids is 1. The average molecular weight is 770 g/mol. The molecule has 318 valence electrons. The normalized spacial score (nSPS) is 21.4. The molecule has 0 unspecified atom stereocenters. The lowest BCUT2D eigenvalue weighted by molar-refractivity contribution is -0.292. The molecular formula is C44H83NO9. The molecule has 0 aromatic heterocycles. The summed E-state index contributed by atoms with van der Waals surface area (Å²) in [6.07, 6.45) is 30.3. The van der Waals surface area contributed by atoms with Crippen molar-refractivity contribution in [1.82, 2.24) is 5.32 Å². The van der Waals surface area contributed by atoms with Crippen LogP contribution in [0, 0.1) is 5.92 Å². The number of aliphatic hydroxyl groups is 4. The lowest BCUT2D eigenvalue weighted by atomic mass is 9.86. The third kappa shape index (κ3) is 25.6. The van der Waals surface area contributed by atoms with E-state index < -0.39 is 61.7 Å². The van der Waals surface area contributed by atoms with Gasteiger partial charge in [-0.3, -0.25) is 9.59 Å². The molecule has 1 aliphatic heterocycles. The summed E-state index contributed by atoms with van der Waals surface area (Å²) in [6, 6.07) is -0.837. The second-order valence-corrected chi connectivity index (χ2v) is 15.9. The second kappa shape index (κ2) is 34.7. The number of allylic oxidation sites excluding steroid dienone is 1. The Bertz CT molecular complexity index is 918. The van der Waals surface area contributed by atoms with Crippen molar-refractivity contribution >= 4 is 11.9 Å². The van der Waals surface area contributed by atoms with Crippen molar-refractivity contribution in [3.63, 3.8) is 0 Å². The quantitative estimate of drug-likeness (QED) is 0.0267. The molecule has 0 aliphatic carbocycles. The van der Waals surface area contributed by atoms with Crippen LogP contribution in [-0.2, 0) is 19.1 Å². The SMILES string of the molecule is CCCCCCCCCCCCC/C=C/[C@H](O)[C@@H](CO[C@@H]1O[C@H](CO)[C@H](O)[C@@H](CC(=O)O)[C@H]1O)NC(=O)CCCCCCCCCCCCCCCCC. The van der Waals surface area contributed by atoms with Crippen LogP contribution in [0.15, 0.2) is 12.2 Å². The van der Waals surface area contributed by atoms with E-state index >= 15 is 0 Å². The van der Waals surface area contributed by atoms with Gasteiger partial charge in [-0.25, -0.2) is 0 Å². The molecule has 0 aromatic carbocycles. The van der Waals surface area contributed by atoms with Crippen molar-refractivity contribution < 1.29 is 44.6 Å². The van der Waals surface area contributed by atoms with Crippen LogP contribution in [0.5, 0.6) is 0 Å². The van der Waals surface area contributed by atoms with Gasteiger partial charge in [0.25, 0.3) is 0 Å². The number of rotatable bonds is 37. The zero-order valence-corrected chi connectivity index (χ0v) is 34.5. The predicted molar refractivity (Wildman–Crippen MR) is 217 cm³/mol. The summed E-state index contributed by atoms with van der Waals surface area (Å²) in [6.45, 7) is 3.69. The minimum absolute atomic E-state index is 0.200. The van der Waals surface area contributed by atoms with Crippen LogP contribution >= 0.6 is 0 Å². The molecular weight excluding hydrogens is 686 g/mol. The summed E-state index contributed by atoms with van der Waals surface area (Å²) in [4.78, 5) is 24.4. The van der Waals surface area contributed by atoms with E-state index in [1.54, 1.807) is 6.08 Å². The topological polar surface area (TPSA) is 166 Å². The second-order valence-electron chi connectivity index (χ2n) is 15.9. The zero-order chi connectivity index (χ0) is 39.7. The predicted octanol–water partition coefficient (Wildman–Crippen LogP) is 8.90. The van der Waals surface area contributed by atoms with Crippen LogP contribution in [0.1, 0.15) is 200 Å². The molecule has 1 rings (SSSR count). The highest BCUT2D eigenvalue weighted by Gasteiger charge is 2.46. The number of aliphatic carboxylic acids is 1. The number of amides is 1. The molecule has 0 bridgehead atoms. The van der Waals surface area contributed by atoms with E-state index in [9.17, 15) is 35.1 Å². The van der Waals surface area contributed by atoms with E-state index in [2.05, 4.69) is 19.2 Å². The van der Waals surface area contributed by atoms with Crippen LogP contribution in [0.3, 0.4) is 0 Å². The highest BCUT2D eigenvalue weighted by Crippen LogP contribution is 2.29. The fourth-order valence-corrected chi connectivity index (χ4v) is 7.40. The molecule has 7 atom stereocenters. The van der Waals surface area contributed by atoms with Crippen molar-refractivity contribution in [2.45, 2.75) is 237 Å². The first-order valence-corrected chi connectivity index (χ1v) is 22.3. The van der Waals surface area contributed by atoms with E-state index in [0.29, 0.717) is 6.42 Å². The number of hydrogen-bond acceptors (Lipinski definition) is 8. The number of unbranched alkanes of at least 4 members (excludes halogenated alkanes) is 25. The lowest BCUT2D eigenvalue weighted by Crippen LogP contribution is -2.57. The van der Waals surface area contributed by atoms with Gasteiger partial charge in [-0.15, -0.1) is 0 Å². The third-order valence-corrected chi connectivity index (χ3v) is 10.9. The van der Waals surface area contributed by atoms with E-state index in [-0.39, 0.29) is 12.5 Å². The Labute approximate surface area is 329 Å². The molecule has 10 nitrogen and oxygen atoms in total. The molecule has 0 saturated carbocycles. The number of ether oxygens (including phenoxy) is 2. The maximum atomic E-state index is 13.0. The standard InChI is InChI=1S/C44H83NO9/c1-3-5-7-9-11-13-15-17-18-20-22-24-26-28-30-32-40(48)45-37(35-53-44-43(52)36(33-41(49)50)42(51)39(34-46)54-44)38(47)31-29-27-25-23-21-19-16-14-12-10-8-6-4-2/h29,31,36-39,42-44,46-47,51-52H,3-28,30,32-35H2,1-2H3,(H,45,48)(H,49,50)/b31-29+/t36-,37-,38+,39-,42-,43-,44-/m1/s1. The van der Waals surface area contributed by atoms with E-state index in [4.69, 9.17) is 9.47 Å². The van der Waals surface area contributed by atoms with Gasteiger partial charge >= 0.3 is 5.97 Å². The summed E-state index contributed by atoms with van der Waals surface area (Å²) in [5.41, 5.74) is 0. The van der Waals surface area contributed by atoms with Gasteiger partial charge in [-0.05, 0) is 19.3 Å². The van der Waals surface area contributed by atoms with Gasteiger partial charge in [0.2, 0.25) is 5.91 Å². The fraction of sp³-hybridized carbons (Fsp3) is 0.909. The molecule has 10 heteroatoms. The molecule has 0 aromatic rings. The molecule has 1 heterocycles. The number of carboxylic acid groups (broad SMARTS) is 1. The van der Waals surface area contributed by atoms with Crippen molar-refractivity contribution in [1.29, 1.82) is 0 Å². The average Bonchev–Trinajstić information content (AvgIpc) is 3.15. The van der Waals surface area contributed by atoms with Gasteiger partial charge in [0.1, 0.15) is 12.2 Å². The van der Waals surface area contributed by atoms with Crippen molar-refractivity contribution in [3.8, 4) is 0 Å². The zero-order valence-electron chi connectivity index (χ0n) is 34.5. The van der Waals surface area contributed by atoms with Crippen LogP contribution < -0.4 is 5.32 Å². The van der Waals surface area contributed by atoms with Gasteiger partial charge in [0, 0.05) is 12.3 Å². The highest BCUT2D eigenvalue weighted by molar-refractivity contribution is 5.76. The summed E-state index contributed by atoms with van der Waals surface area (Å²) in [5, 5.41) is 54.3. The monoisotopic (exact) mass is 770 g/mol. The van der Waals surface area contributed by atoms with Gasteiger partial charge < -0.3 is 40.3 Å². The molecule has 1 saturated heterocycles. The fourth-order valence-electron chi connectivity index (χ4n) is 7.40. The summed E-state index contributed by atoms with van der Waals surface area (Å²) in [5.74, 6) is -2.53. The van der Waals surface area contributed by atoms with Crippen molar-refractivity contribution in [2.75, 3.05) is 13.2 Å². The smallest absolute Gasteiger partial charge is 0.303 e. The summed E-state index contributed by atoms with van der Waals surface area (Å²) < 4.78 is 11.4. The molecule has 0 spiro atoms. The van der Waals surface area contributed by atoms with E-state index in [0.717, 1.165) is 38.5 Å². The number of carboxylic acids is 1. The molecule has 6 N–H and O–H groups in total. The summed E-state index contributed by atoms with van der Waals surface area (Å²) in [7, 11) is 0. The van der Waals surface area contributed by atoms with Crippen LogP contribution in [-0.4, -0.2) is 87.4 Å². The Balaban J connectivity index is 2.51. The van der Waals surface area contributed by atoms with Crippen LogP contribution in [0.2, 0.25) is 0 Å². The van der Waals surface area contributed by atoms with Crippen LogP contribution in [0.25, 0.3) is 0 Å². The Hall–Kier alpha value is -1.56. The molecule has 0 radical (unpaired) electrons.